The Labute approximate surface area is 130 Å². The summed E-state index contributed by atoms with van der Waals surface area (Å²) in [5, 5.41) is 3.30. The molecule has 1 amide bonds. The summed E-state index contributed by atoms with van der Waals surface area (Å²) in [6.45, 7) is 1.44. The van der Waals surface area contributed by atoms with Crippen LogP contribution in [0.25, 0.3) is 0 Å². The highest BCUT2D eigenvalue weighted by Crippen LogP contribution is 2.25. The third kappa shape index (κ3) is 4.00. The summed E-state index contributed by atoms with van der Waals surface area (Å²) in [6.07, 6.45) is 0.337. The van der Waals surface area contributed by atoms with Gasteiger partial charge in [0.2, 0.25) is 5.76 Å². The number of halogens is 2. The lowest BCUT2D eigenvalue weighted by Gasteiger charge is -2.13. The van der Waals surface area contributed by atoms with Crippen molar-refractivity contribution in [2.45, 2.75) is 13.0 Å². The van der Waals surface area contributed by atoms with E-state index in [4.69, 9.17) is 32.4 Å². The molecule has 0 radical (unpaired) electrons. The number of rotatable bonds is 4. The molecule has 0 spiro atoms. The van der Waals surface area contributed by atoms with Gasteiger partial charge in [0, 0.05) is 5.02 Å². The van der Waals surface area contributed by atoms with E-state index in [0.717, 1.165) is 0 Å². The smallest absolute Gasteiger partial charge is 0.374 e. The molecule has 7 heteroatoms. The number of ether oxygens (including phenoxy) is 1. The highest BCUT2D eigenvalue weighted by atomic mass is 35.5. The molecule has 2 aromatic rings. The summed E-state index contributed by atoms with van der Waals surface area (Å²) in [5.74, 6) is -1.21. The number of furan rings is 1. The number of carbonyl (C=O) groups is 2. The average Bonchev–Trinajstić information content (AvgIpc) is 2.95. The zero-order valence-corrected chi connectivity index (χ0v) is 12.4. The quantitative estimate of drug-likeness (QED) is 0.868. The lowest BCUT2D eigenvalue weighted by molar-refractivity contribution is -0.123. The summed E-state index contributed by atoms with van der Waals surface area (Å²) in [5.41, 5.74) is 0.381. The van der Waals surface area contributed by atoms with Crippen LogP contribution in [0.3, 0.4) is 0 Å². The fraction of sp³-hybridized carbons (Fsp3) is 0.143. The molecule has 1 N–H and O–H groups in total. The number of amides is 1. The second-order valence-electron chi connectivity index (χ2n) is 4.14. The third-order valence-corrected chi connectivity index (χ3v) is 3.11. The molecule has 0 aliphatic rings. The van der Waals surface area contributed by atoms with Crippen LogP contribution in [0.15, 0.2) is 41.0 Å². The van der Waals surface area contributed by atoms with Crippen LogP contribution in [0.5, 0.6) is 0 Å². The molecule has 1 heterocycles. The lowest BCUT2D eigenvalue weighted by Crippen LogP contribution is -2.30. The van der Waals surface area contributed by atoms with Crippen molar-refractivity contribution in [1.82, 2.24) is 0 Å². The van der Waals surface area contributed by atoms with Gasteiger partial charge in [-0.1, -0.05) is 23.2 Å². The predicted molar refractivity (Wildman–Crippen MR) is 78.7 cm³/mol. The maximum atomic E-state index is 11.9. The molecule has 2 rings (SSSR count). The Morgan fingerprint density at radius 2 is 2.05 bits per heavy atom. The Morgan fingerprint density at radius 3 is 2.67 bits per heavy atom. The number of anilines is 1. The van der Waals surface area contributed by atoms with Crippen molar-refractivity contribution in [3.05, 3.63) is 52.4 Å². The van der Waals surface area contributed by atoms with Gasteiger partial charge in [-0.05, 0) is 37.3 Å². The zero-order valence-electron chi connectivity index (χ0n) is 10.9. The second kappa shape index (κ2) is 6.65. The number of hydrogen-bond donors (Lipinski definition) is 1. The summed E-state index contributed by atoms with van der Waals surface area (Å²) in [7, 11) is 0. The number of hydrogen-bond acceptors (Lipinski definition) is 4. The van der Waals surface area contributed by atoms with E-state index in [1.807, 2.05) is 0 Å². The fourth-order valence-electron chi connectivity index (χ4n) is 1.49. The average molecular weight is 328 g/mol. The highest BCUT2D eigenvalue weighted by Gasteiger charge is 2.21. The minimum atomic E-state index is -1.01. The molecule has 0 fully saturated rings. The second-order valence-corrected chi connectivity index (χ2v) is 4.98. The van der Waals surface area contributed by atoms with Crippen LogP contribution in [0, 0.1) is 0 Å². The molecule has 0 bridgehead atoms. The minimum Gasteiger partial charge on any atom is -0.457 e. The Balaban J connectivity index is 1.98. The molecule has 0 saturated heterocycles. The first-order valence-corrected chi connectivity index (χ1v) is 6.73. The summed E-state index contributed by atoms with van der Waals surface area (Å²) < 4.78 is 9.86. The molecule has 1 aromatic carbocycles. The van der Waals surface area contributed by atoms with Crippen molar-refractivity contribution < 1.29 is 18.7 Å². The summed E-state index contributed by atoms with van der Waals surface area (Å²) >= 11 is 11.7. The monoisotopic (exact) mass is 327 g/mol. The Morgan fingerprint density at radius 1 is 1.29 bits per heavy atom. The van der Waals surface area contributed by atoms with Gasteiger partial charge < -0.3 is 14.5 Å². The van der Waals surface area contributed by atoms with Crippen molar-refractivity contribution in [1.29, 1.82) is 0 Å². The molecule has 0 aliphatic heterocycles. The molecule has 0 unspecified atom stereocenters. The SMILES string of the molecule is C[C@H](OC(=O)c1ccco1)C(=O)Nc1ccc(Cl)cc1Cl. The molecule has 110 valence electrons. The number of benzene rings is 1. The minimum absolute atomic E-state index is 0.0270. The van der Waals surface area contributed by atoms with Crippen molar-refractivity contribution in [3.8, 4) is 0 Å². The molecule has 1 atom stereocenters. The fourth-order valence-corrected chi connectivity index (χ4v) is 1.95. The highest BCUT2D eigenvalue weighted by molar-refractivity contribution is 6.36. The summed E-state index contributed by atoms with van der Waals surface area (Å²) in [4.78, 5) is 23.6. The van der Waals surface area contributed by atoms with E-state index in [9.17, 15) is 9.59 Å². The van der Waals surface area contributed by atoms with Gasteiger partial charge in [0.25, 0.3) is 5.91 Å². The largest absolute Gasteiger partial charge is 0.457 e. The predicted octanol–water partition coefficient (Wildman–Crippen LogP) is 3.77. The van der Waals surface area contributed by atoms with Crippen LogP contribution in [0.1, 0.15) is 17.5 Å². The molecule has 0 aliphatic carbocycles. The van der Waals surface area contributed by atoms with Gasteiger partial charge in [-0.3, -0.25) is 4.79 Å². The Hall–Kier alpha value is -1.98. The lowest BCUT2D eigenvalue weighted by atomic mass is 10.3. The van der Waals surface area contributed by atoms with Gasteiger partial charge in [-0.2, -0.15) is 0 Å². The Kier molecular flexibility index (Phi) is 4.88. The van der Waals surface area contributed by atoms with Crippen LogP contribution in [0.4, 0.5) is 5.69 Å². The molecule has 0 saturated carbocycles. The normalized spacial score (nSPS) is 11.8. The van der Waals surface area contributed by atoms with Crippen molar-refractivity contribution >= 4 is 40.8 Å². The maximum absolute atomic E-state index is 11.9. The van der Waals surface area contributed by atoms with Crippen molar-refractivity contribution in [2.24, 2.45) is 0 Å². The number of carbonyl (C=O) groups excluding carboxylic acids is 2. The van der Waals surface area contributed by atoms with E-state index < -0.39 is 18.0 Å². The molecule has 5 nitrogen and oxygen atoms in total. The van der Waals surface area contributed by atoms with Crippen LogP contribution in [-0.4, -0.2) is 18.0 Å². The third-order valence-electron chi connectivity index (χ3n) is 2.56. The van der Waals surface area contributed by atoms with Gasteiger partial charge in [0.15, 0.2) is 6.10 Å². The van der Waals surface area contributed by atoms with Crippen LogP contribution >= 0.6 is 23.2 Å². The molecule has 1 aromatic heterocycles. The van der Waals surface area contributed by atoms with Gasteiger partial charge in [0.05, 0.1) is 17.0 Å². The van der Waals surface area contributed by atoms with Crippen LogP contribution in [0.2, 0.25) is 10.0 Å². The van der Waals surface area contributed by atoms with Crippen molar-refractivity contribution in [2.75, 3.05) is 5.32 Å². The number of esters is 1. The first-order chi connectivity index (χ1) is 9.97. The topological polar surface area (TPSA) is 68.5 Å². The Bertz CT molecular complexity index is 655. The van der Waals surface area contributed by atoms with E-state index >= 15 is 0 Å². The van der Waals surface area contributed by atoms with Gasteiger partial charge in [-0.15, -0.1) is 0 Å². The molecular formula is C14H11Cl2NO4. The standard InChI is InChI=1S/C14H11Cl2NO4/c1-8(21-14(19)12-3-2-6-20-12)13(18)17-11-5-4-9(15)7-10(11)16/h2-8H,1H3,(H,17,18)/t8-/m0/s1. The molecular weight excluding hydrogens is 317 g/mol. The van der Waals surface area contributed by atoms with Crippen LogP contribution in [-0.2, 0) is 9.53 Å². The van der Waals surface area contributed by atoms with E-state index in [-0.39, 0.29) is 5.76 Å². The van der Waals surface area contributed by atoms with E-state index in [1.165, 1.54) is 25.3 Å². The van der Waals surface area contributed by atoms with Gasteiger partial charge in [0.1, 0.15) is 0 Å². The van der Waals surface area contributed by atoms with Crippen LogP contribution < -0.4 is 5.32 Å². The van der Waals surface area contributed by atoms with Gasteiger partial charge >= 0.3 is 5.97 Å². The van der Waals surface area contributed by atoms with E-state index in [1.54, 1.807) is 18.2 Å². The molecule has 21 heavy (non-hydrogen) atoms. The van der Waals surface area contributed by atoms with Crippen molar-refractivity contribution in [3.63, 3.8) is 0 Å². The van der Waals surface area contributed by atoms with E-state index in [2.05, 4.69) is 5.32 Å². The summed E-state index contributed by atoms with van der Waals surface area (Å²) in [6, 6.07) is 7.64. The maximum Gasteiger partial charge on any atom is 0.374 e. The first kappa shape index (κ1) is 15.4. The zero-order chi connectivity index (χ0) is 15.4. The first-order valence-electron chi connectivity index (χ1n) is 5.98. The number of nitrogens with one attached hydrogen (secondary N) is 1. The van der Waals surface area contributed by atoms with E-state index in [0.29, 0.717) is 15.7 Å². The van der Waals surface area contributed by atoms with Gasteiger partial charge in [-0.25, -0.2) is 4.79 Å².